The van der Waals surface area contributed by atoms with E-state index in [0.717, 1.165) is 32.4 Å². The summed E-state index contributed by atoms with van der Waals surface area (Å²) < 4.78 is 0. The number of nitrogens with zero attached hydrogens (tertiary/aromatic N) is 2. The lowest BCUT2D eigenvalue weighted by Gasteiger charge is -2.17. The zero-order valence-electron chi connectivity index (χ0n) is 6.66. The minimum Gasteiger partial charge on any atom is -0.396 e. The standard InChI is InChI=1S/C8H14N2O/c9-7-8-3-1-4-10(8)5-2-6-11/h8,11H,1-6H2. The third kappa shape index (κ3) is 2.18. The van der Waals surface area contributed by atoms with Gasteiger partial charge in [-0.2, -0.15) is 5.26 Å². The zero-order chi connectivity index (χ0) is 8.10. The molecule has 3 nitrogen and oxygen atoms in total. The van der Waals surface area contributed by atoms with Crippen molar-refractivity contribution in [1.29, 1.82) is 5.26 Å². The predicted octanol–water partition coefficient (Wildman–Crippen LogP) is 0.357. The van der Waals surface area contributed by atoms with E-state index >= 15 is 0 Å². The van der Waals surface area contributed by atoms with E-state index in [1.807, 2.05) is 0 Å². The van der Waals surface area contributed by atoms with Gasteiger partial charge in [-0.25, -0.2) is 0 Å². The third-order valence-corrected chi connectivity index (χ3v) is 2.12. The summed E-state index contributed by atoms with van der Waals surface area (Å²) in [6.07, 6.45) is 2.92. The van der Waals surface area contributed by atoms with Crippen molar-refractivity contribution in [2.45, 2.75) is 25.3 Å². The Hall–Kier alpha value is -0.590. The Bertz CT molecular complexity index is 153. The summed E-state index contributed by atoms with van der Waals surface area (Å²) in [5.41, 5.74) is 0. The van der Waals surface area contributed by atoms with Crippen LogP contribution in [0, 0.1) is 11.3 Å². The molecule has 11 heavy (non-hydrogen) atoms. The molecule has 1 N–H and O–H groups in total. The van der Waals surface area contributed by atoms with E-state index in [1.54, 1.807) is 0 Å². The van der Waals surface area contributed by atoms with Gasteiger partial charge in [0, 0.05) is 13.2 Å². The van der Waals surface area contributed by atoms with Gasteiger partial charge in [-0.05, 0) is 25.8 Å². The Labute approximate surface area is 67.2 Å². The number of aliphatic hydroxyl groups excluding tert-OH is 1. The molecule has 1 fully saturated rings. The van der Waals surface area contributed by atoms with Gasteiger partial charge in [0.15, 0.2) is 0 Å². The Morgan fingerprint density at radius 2 is 2.45 bits per heavy atom. The van der Waals surface area contributed by atoms with Crippen LogP contribution in [0.1, 0.15) is 19.3 Å². The monoisotopic (exact) mass is 154 g/mol. The SMILES string of the molecule is N#CC1CCCN1CCCO. The van der Waals surface area contributed by atoms with E-state index in [-0.39, 0.29) is 12.6 Å². The van der Waals surface area contributed by atoms with E-state index < -0.39 is 0 Å². The Morgan fingerprint density at radius 3 is 3.09 bits per heavy atom. The lowest BCUT2D eigenvalue weighted by atomic mass is 10.2. The van der Waals surface area contributed by atoms with Crippen molar-refractivity contribution in [2.24, 2.45) is 0 Å². The first-order valence-corrected chi connectivity index (χ1v) is 4.13. The second-order valence-electron chi connectivity index (χ2n) is 2.90. The van der Waals surface area contributed by atoms with Crippen molar-refractivity contribution < 1.29 is 5.11 Å². The largest absolute Gasteiger partial charge is 0.396 e. The lowest BCUT2D eigenvalue weighted by Crippen LogP contribution is -2.29. The number of likely N-dealkylation sites (tertiary alicyclic amines) is 1. The maximum atomic E-state index is 8.68. The smallest absolute Gasteiger partial charge is 0.0978 e. The minimum absolute atomic E-state index is 0.113. The van der Waals surface area contributed by atoms with Crippen LogP contribution < -0.4 is 0 Å². The molecule has 1 heterocycles. The summed E-state index contributed by atoms with van der Waals surface area (Å²) in [5.74, 6) is 0. The Morgan fingerprint density at radius 1 is 1.64 bits per heavy atom. The summed E-state index contributed by atoms with van der Waals surface area (Å²) in [4.78, 5) is 2.15. The second kappa shape index (κ2) is 4.32. The maximum Gasteiger partial charge on any atom is 0.0978 e. The van der Waals surface area contributed by atoms with Gasteiger partial charge in [0.05, 0.1) is 12.1 Å². The summed E-state index contributed by atoms with van der Waals surface area (Å²) in [6, 6.07) is 2.38. The molecule has 0 aliphatic carbocycles. The first-order chi connectivity index (χ1) is 5.38. The summed E-state index contributed by atoms with van der Waals surface area (Å²) in [7, 11) is 0. The van der Waals surface area contributed by atoms with Gasteiger partial charge >= 0.3 is 0 Å². The highest BCUT2D eigenvalue weighted by molar-refractivity contribution is 4.95. The van der Waals surface area contributed by atoms with Crippen molar-refractivity contribution >= 4 is 0 Å². The molecule has 3 heteroatoms. The summed E-state index contributed by atoms with van der Waals surface area (Å²) >= 11 is 0. The van der Waals surface area contributed by atoms with Crippen LogP contribution in [-0.2, 0) is 0 Å². The fourth-order valence-electron chi connectivity index (χ4n) is 1.51. The molecule has 0 aromatic heterocycles. The van der Waals surface area contributed by atoms with Gasteiger partial charge in [0.25, 0.3) is 0 Å². The van der Waals surface area contributed by atoms with E-state index in [4.69, 9.17) is 10.4 Å². The van der Waals surface area contributed by atoms with Crippen LogP contribution in [0.5, 0.6) is 0 Å². The van der Waals surface area contributed by atoms with E-state index in [0.29, 0.717) is 0 Å². The number of rotatable bonds is 3. The van der Waals surface area contributed by atoms with Crippen LogP contribution in [0.25, 0.3) is 0 Å². The van der Waals surface area contributed by atoms with Crippen LogP contribution in [-0.4, -0.2) is 35.7 Å². The van der Waals surface area contributed by atoms with Gasteiger partial charge in [-0.15, -0.1) is 0 Å². The fourth-order valence-corrected chi connectivity index (χ4v) is 1.51. The predicted molar refractivity (Wildman–Crippen MR) is 41.9 cm³/mol. The van der Waals surface area contributed by atoms with E-state index in [9.17, 15) is 0 Å². The average molecular weight is 154 g/mol. The number of hydrogen-bond acceptors (Lipinski definition) is 3. The Kier molecular flexibility index (Phi) is 3.34. The van der Waals surface area contributed by atoms with Crippen LogP contribution in [0.3, 0.4) is 0 Å². The highest BCUT2D eigenvalue weighted by atomic mass is 16.3. The lowest BCUT2D eigenvalue weighted by molar-refractivity contribution is 0.232. The first kappa shape index (κ1) is 8.51. The van der Waals surface area contributed by atoms with Crippen molar-refractivity contribution in [3.05, 3.63) is 0 Å². The molecule has 0 amide bonds. The number of hydrogen-bond donors (Lipinski definition) is 1. The molecular weight excluding hydrogens is 140 g/mol. The molecule has 0 saturated carbocycles. The molecule has 0 bridgehead atoms. The maximum absolute atomic E-state index is 8.68. The minimum atomic E-state index is 0.113. The first-order valence-electron chi connectivity index (χ1n) is 4.13. The molecule has 62 valence electrons. The van der Waals surface area contributed by atoms with Crippen LogP contribution >= 0.6 is 0 Å². The van der Waals surface area contributed by atoms with Crippen LogP contribution in [0.15, 0.2) is 0 Å². The molecule has 1 saturated heterocycles. The van der Waals surface area contributed by atoms with Gasteiger partial charge < -0.3 is 5.11 Å². The summed E-state index contributed by atoms with van der Waals surface area (Å²) in [5, 5.41) is 17.3. The van der Waals surface area contributed by atoms with Gasteiger partial charge in [-0.3, -0.25) is 4.90 Å². The van der Waals surface area contributed by atoms with Gasteiger partial charge in [0.2, 0.25) is 0 Å². The molecule has 1 unspecified atom stereocenters. The molecule has 0 radical (unpaired) electrons. The molecular formula is C8H14N2O. The highest BCUT2D eigenvalue weighted by Crippen LogP contribution is 2.15. The van der Waals surface area contributed by atoms with Gasteiger partial charge in [0.1, 0.15) is 0 Å². The van der Waals surface area contributed by atoms with Crippen LogP contribution in [0.4, 0.5) is 0 Å². The molecule has 1 rings (SSSR count). The van der Waals surface area contributed by atoms with Crippen LogP contribution in [0.2, 0.25) is 0 Å². The van der Waals surface area contributed by atoms with E-state index in [1.165, 1.54) is 0 Å². The molecule has 0 aromatic carbocycles. The normalized spacial score (nSPS) is 25.3. The van der Waals surface area contributed by atoms with Gasteiger partial charge in [-0.1, -0.05) is 0 Å². The summed E-state index contributed by atoms with van der Waals surface area (Å²) in [6.45, 7) is 2.13. The molecule has 1 aliphatic heterocycles. The zero-order valence-corrected chi connectivity index (χ0v) is 6.66. The second-order valence-corrected chi connectivity index (χ2v) is 2.90. The topological polar surface area (TPSA) is 47.3 Å². The number of aliphatic hydroxyl groups is 1. The number of nitriles is 1. The van der Waals surface area contributed by atoms with E-state index in [2.05, 4.69) is 11.0 Å². The van der Waals surface area contributed by atoms with Crippen molar-refractivity contribution in [2.75, 3.05) is 19.7 Å². The quantitative estimate of drug-likeness (QED) is 0.638. The Balaban J connectivity index is 2.27. The molecule has 1 aliphatic rings. The van der Waals surface area contributed by atoms with Crippen molar-refractivity contribution in [3.63, 3.8) is 0 Å². The fraction of sp³-hybridized carbons (Fsp3) is 0.875. The highest BCUT2D eigenvalue weighted by Gasteiger charge is 2.22. The van der Waals surface area contributed by atoms with Crippen molar-refractivity contribution in [1.82, 2.24) is 4.90 Å². The molecule has 0 aromatic rings. The molecule has 0 spiro atoms. The molecule has 1 atom stereocenters. The third-order valence-electron chi connectivity index (χ3n) is 2.12. The van der Waals surface area contributed by atoms with Crippen molar-refractivity contribution in [3.8, 4) is 6.07 Å². The average Bonchev–Trinajstić information content (AvgIpc) is 2.47.